The minimum Gasteiger partial charge on any atom is -0.388 e. The van der Waals surface area contributed by atoms with Gasteiger partial charge in [0.1, 0.15) is 11.5 Å². The molecule has 9 heteroatoms. The molecule has 0 bridgehead atoms. The van der Waals surface area contributed by atoms with E-state index in [4.69, 9.17) is 5.73 Å². The van der Waals surface area contributed by atoms with Crippen LogP contribution in [0.4, 0.5) is 10.1 Å². The van der Waals surface area contributed by atoms with Crippen LogP contribution < -0.4 is 11.1 Å². The molecule has 4 rings (SSSR count). The molecule has 1 aliphatic heterocycles. The molecule has 6 nitrogen and oxygen atoms in total. The van der Waals surface area contributed by atoms with Crippen LogP contribution >= 0.6 is 23.1 Å². The smallest absolute Gasteiger partial charge is 0.170 e. The lowest BCUT2D eigenvalue weighted by Crippen LogP contribution is -2.29. The summed E-state index contributed by atoms with van der Waals surface area (Å²) in [5.41, 5.74) is 10.1. The van der Waals surface area contributed by atoms with E-state index >= 15 is 0 Å². The minimum atomic E-state index is -0.549. The Balaban J connectivity index is 0.000000221. The molecule has 1 atom stereocenters. The summed E-state index contributed by atoms with van der Waals surface area (Å²) < 4.78 is 13.9. The standard InChI is InChI=1S/C12H16FN3S.C10H8N2OS.C2H6/c1-12(5-6-17-11(14)16-12)9-7-8(15-2)3-4-10(9)13;1-7-5-14-6-9(7)10-3-11-8(4-13)2-12-10;1-2/h3-4,7,15H,5-6H2,1-2H3,(H2,14,16);2-6H,1H3;1-2H3. The first-order chi connectivity index (χ1) is 15.9. The van der Waals surface area contributed by atoms with Crippen LogP contribution in [-0.4, -0.2) is 34.2 Å². The van der Waals surface area contributed by atoms with Gasteiger partial charge >= 0.3 is 0 Å². The van der Waals surface area contributed by atoms with Gasteiger partial charge in [-0.05, 0) is 49.4 Å². The maximum atomic E-state index is 13.9. The third kappa shape index (κ3) is 6.85. The van der Waals surface area contributed by atoms with Gasteiger partial charge in [-0.25, -0.2) is 9.37 Å². The predicted octanol–water partition coefficient (Wildman–Crippen LogP) is 5.89. The van der Waals surface area contributed by atoms with Crippen LogP contribution in [0.5, 0.6) is 0 Å². The maximum absolute atomic E-state index is 13.9. The number of thioether (sulfide) groups is 1. The molecule has 176 valence electrons. The van der Waals surface area contributed by atoms with Crippen LogP contribution in [0.25, 0.3) is 11.3 Å². The number of carbonyl (C=O) groups is 1. The number of aliphatic imine (C=N–C) groups is 1. The lowest BCUT2D eigenvalue weighted by molar-refractivity contribution is 0.111. The van der Waals surface area contributed by atoms with E-state index in [9.17, 15) is 9.18 Å². The van der Waals surface area contributed by atoms with Gasteiger partial charge in [-0.3, -0.25) is 14.8 Å². The van der Waals surface area contributed by atoms with Gasteiger partial charge in [-0.1, -0.05) is 25.6 Å². The number of nitrogens with two attached hydrogens (primary N) is 1. The number of amidine groups is 1. The van der Waals surface area contributed by atoms with E-state index in [1.54, 1.807) is 23.6 Å². The first-order valence-electron chi connectivity index (χ1n) is 10.6. The second-order valence-corrected chi connectivity index (χ2v) is 9.04. The molecular formula is C24H30FN5OS2. The highest BCUT2D eigenvalue weighted by atomic mass is 32.2. The molecule has 3 N–H and O–H groups in total. The summed E-state index contributed by atoms with van der Waals surface area (Å²) >= 11 is 3.15. The Morgan fingerprint density at radius 1 is 1.21 bits per heavy atom. The van der Waals surface area contributed by atoms with Crippen molar-refractivity contribution >= 4 is 40.2 Å². The van der Waals surface area contributed by atoms with Crippen molar-refractivity contribution in [3.8, 4) is 11.3 Å². The number of anilines is 1. The van der Waals surface area contributed by atoms with Crippen molar-refractivity contribution in [1.82, 2.24) is 9.97 Å². The zero-order valence-electron chi connectivity index (χ0n) is 19.6. The van der Waals surface area contributed by atoms with Crippen molar-refractivity contribution in [2.75, 3.05) is 18.1 Å². The van der Waals surface area contributed by atoms with Gasteiger partial charge in [0.15, 0.2) is 11.5 Å². The van der Waals surface area contributed by atoms with Crippen molar-refractivity contribution in [3.05, 3.63) is 64.0 Å². The number of aldehydes is 1. The Morgan fingerprint density at radius 2 is 1.97 bits per heavy atom. The van der Waals surface area contributed by atoms with Crippen molar-refractivity contribution in [2.24, 2.45) is 10.7 Å². The summed E-state index contributed by atoms with van der Waals surface area (Å²) in [5, 5.41) is 7.63. The fraction of sp³-hybridized carbons (Fsp3) is 0.333. The van der Waals surface area contributed by atoms with Gasteiger partial charge in [0.05, 0.1) is 23.6 Å². The zero-order chi connectivity index (χ0) is 24.4. The molecule has 0 saturated carbocycles. The van der Waals surface area contributed by atoms with Crippen LogP contribution in [0.3, 0.4) is 0 Å². The summed E-state index contributed by atoms with van der Waals surface area (Å²) in [6.07, 6.45) is 4.60. The number of halogens is 1. The molecule has 3 heterocycles. The lowest BCUT2D eigenvalue weighted by atomic mass is 9.89. The Morgan fingerprint density at radius 3 is 2.52 bits per heavy atom. The number of aromatic nitrogens is 2. The van der Waals surface area contributed by atoms with Gasteiger partial charge in [0.25, 0.3) is 0 Å². The highest BCUT2D eigenvalue weighted by Crippen LogP contribution is 2.37. The van der Waals surface area contributed by atoms with E-state index in [0.717, 1.165) is 29.1 Å². The van der Waals surface area contributed by atoms with Crippen molar-refractivity contribution in [1.29, 1.82) is 0 Å². The second kappa shape index (κ2) is 12.5. The molecule has 0 spiro atoms. The molecule has 1 aliphatic rings. The van der Waals surface area contributed by atoms with E-state index in [1.807, 2.05) is 46.2 Å². The van der Waals surface area contributed by atoms with Gasteiger partial charge < -0.3 is 11.1 Å². The van der Waals surface area contributed by atoms with Crippen molar-refractivity contribution < 1.29 is 9.18 Å². The van der Waals surface area contributed by atoms with Crippen LogP contribution in [0.2, 0.25) is 0 Å². The number of rotatable bonds is 4. The van der Waals surface area contributed by atoms with Gasteiger partial charge in [0, 0.05) is 35.0 Å². The molecule has 0 saturated heterocycles. The van der Waals surface area contributed by atoms with E-state index in [2.05, 4.69) is 25.7 Å². The average molecular weight is 488 g/mol. The first-order valence-corrected chi connectivity index (χ1v) is 12.6. The number of hydrogen-bond acceptors (Lipinski definition) is 8. The fourth-order valence-electron chi connectivity index (χ4n) is 3.14. The van der Waals surface area contributed by atoms with Gasteiger partial charge in [0.2, 0.25) is 0 Å². The number of hydrogen-bond donors (Lipinski definition) is 2. The molecule has 0 fully saturated rings. The summed E-state index contributed by atoms with van der Waals surface area (Å²) in [7, 11) is 1.81. The maximum Gasteiger partial charge on any atom is 0.170 e. The number of nitrogens with one attached hydrogen (secondary N) is 1. The number of nitrogens with zero attached hydrogens (tertiary/aromatic N) is 3. The highest BCUT2D eigenvalue weighted by molar-refractivity contribution is 8.13. The fourth-order valence-corrected chi connectivity index (χ4v) is 4.95. The SMILES string of the molecule is CC.CNc1ccc(F)c(C2(C)CCSC(N)=N2)c1.Cc1cscc1-c1cnc(C=O)cn1. The molecule has 3 aromatic rings. The van der Waals surface area contributed by atoms with E-state index in [0.29, 0.717) is 22.7 Å². The lowest BCUT2D eigenvalue weighted by Gasteiger charge is -2.30. The highest BCUT2D eigenvalue weighted by Gasteiger charge is 2.32. The monoisotopic (exact) mass is 487 g/mol. The van der Waals surface area contributed by atoms with Crippen LogP contribution in [0.1, 0.15) is 48.8 Å². The molecule has 33 heavy (non-hydrogen) atoms. The number of thiophene rings is 1. The van der Waals surface area contributed by atoms with Gasteiger partial charge in [-0.15, -0.1) is 0 Å². The van der Waals surface area contributed by atoms with E-state index in [1.165, 1.54) is 29.6 Å². The summed E-state index contributed by atoms with van der Waals surface area (Å²) in [5.74, 6) is 0.643. The van der Waals surface area contributed by atoms with Crippen LogP contribution in [-0.2, 0) is 5.54 Å². The zero-order valence-corrected chi connectivity index (χ0v) is 21.2. The molecule has 1 aromatic carbocycles. The number of carbonyl (C=O) groups excluding carboxylic acids is 1. The van der Waals surface area contributed by atoms with Crippen LogP contribution in [0.15, 0.2) is 46.3 Å². The largest absolute Gasteiger partial charge is 0.388 e. The predicted molar refractivity (Wildman–Crippen MR) is 139 cm³/mol. The number of aryl methyl sites for hydroxylation is 1. The van der Waals surface area contributed by atoms with Crippen molar-refractivity contribution in [3.63, 3.8) is 0 Å². The van der Waals surface area contributed by atoms with E-state index < -0.39 is 5.54 Å². The number of benzene rings is 1. The van der Waals surface area contributed by atoms with Gasteiger partial charge in [-0.2, -0.15) is 11.3 Å². The van der Waals surface area contributed by atoms with Crippen LogP contribution in [0, 0.1) is 12.7 Å². The average Bonchev–Trinajstić information content (AvgIpc) is 3.27. The quantitative estimate of drug-likeness (QED) is 0.446. The summed E-state index contributed by atoms with van der Waals surface area (Å²) in [6.45, 7) is 7.96. The summed E-state index contributed by atoms with van der Waals surface area (Å²) in [6, 6.07) is 4.99. The summed E-state index contributed by atoms with van der Waals surface area (Å²) in [4.78, 5) is 22.9. The third-order valence-corrected chi connectivity index (χ3v) is 6.61. The van der Waals surface area contributed by atoms with Crippen molar-refractivity contribution in [2.45, 2.75) is 39.7 Å². The minimum absolute atomic E-state index is 0.227. The first kappa shape index (κ1) is 26.5. The molecule has 0 radical (unpaired) electrons. The van der Waals surface area contributed by atoms with E-state index in [-0.39, 0.29) is 5.82 Å². The third-order valence-electron chi connectivity index (χ3n) is 4.96. The Hall–Kier alpha value is -2.78. The molecule has 0 amide bonds. The normalized spacial score (nSPS) is 17.0. The Bertz CT molecular complexity index is 1080. The molecule has 1 unspecified atom stereocenters. The Kier molecular flexibility index (Phi) is 9.99. The molecule has 0 aliphatic carbocycles. The second-order valence-electron chi connectivity index (χ2n) is 7.18. The topological polar surface area (TPSA) is 93.3 Å². The molecular weight excluding hydrogens is 457 g/mol. The molecule has 2 aromatic heterocycles. The Labute approximate surface area is 203 Å².